The van der Waals surface area contributed by atoms with Gasteiger partial charge in [-0.05, 0) is 24.8 Å². The van der Waals surface area contributed by atoms with Gasteiger partial charge in [-0.15, -0.1) is 0 Å². The summed E-state index contributed by atoms with van der Waals surface area (Å²) in [7, 11) is 1.88. The van der Waals surface area contributed by atoms with E-state index in [2.05, 4.69) is 28.3 Å². The van der Waals surface area contributed by atoms with Gasteiger partial charge in [0.05, 0.1) is 59.7 Å². The normalized spacial score (nSPS) is 21.5. The SMILES string of the molecule is CC1CC(CC#N)(n2cc(-c3nc(-c4cnn(C)c4)cn4nccc34)cn2)C1. The van der Waals surface area contributed by atoms with Crippen LogP contribution in [0.3, 0.4) is 0 Å². The van der Waals surface area contributed by atoms with Crippen LogP contribution in [-0.4, -0.2) is 34.2 Å². The highest BCUT2D eigenvalue weighted by molar-refractivity contribution is 5.78. The molecule has 28 heavy (non-hydrogen) atoms. The van der Waals surface area contributed by atoms with Crippen LogP contribution >= 0.6 is 0 Å². The van der Waals surface area contributed by atoms with Gasteiger partial charge in [0, 0.05) is 30.6 Å². The van der Waals surface area contributed by atoms with Gasteiger partial charge >= 0.3 is 0 Å². The van der Waals surface area contributed by atoms with E-state index in [1.165, 1.54) is 0 Å². The number of fused-ring (bicyclic) bond motifs is 1. The third-order valence-corrected chi connectivity index (χ3v) is 5.60. The predicted octanol–water partition coefficient (Wildman–Crippen LogP) is 3.03. The highest BCUT2D eigenvalue weighted by Gasteiger charge is 2.44. The Kier molecular flexibility index (Phi) is 3.59. The second-order valence-corrected chi connectivity index (χ2v) is 7.78. The van der Waals surface area contributed by atoms with E-state index in [-0.39, 0.29) is 5.54 Å². The maximum Gasteiger partial charge on any atom is 0.0999 e. The van der Waals surface area contributed by atoms with Crippen LogP contribution in [0.25, 0.3) is 28.0 Å². The van der Waals surface area contributed by atoms with Crippen molar-refractivity contribution in [2.45, 2.75) is 31.7 Å². The van der Waals surface area contributed by atoms with E-state index >= 15 is 0 Å². The first-order valence-electron chi connectivity index (χ1n) is 9.34. The summed E-state index contributed by atoms with van der Waals surface area (Å²) in [5.74, 6) is 0.620. The fraction of sp³-hybridized carbons (Fsp3) is 0.350. The summed E-state index contributed by atoms with van der Waals surface area (Å²) in [6.45, 7) is 2.22. The summed E-state index contributed by atoms with van der Waals surface area (Å²) in [6.07, 6.45) is 13.7. The molecule has 140 valence electrons. The molecule has 1 fully saturated rings. The van der Waals surface area contributed by atoms with Gasteiger partial charge in [-0.1, -0.05) is 6.92 Å². The van der Waals surface area contributed by atoms with Crippen molar-refractivity contribution in [1.29, 1.82) is 5.26 Å². The topological polar surface area (TPSA) is 89.6 Å². The molecule has 0 atom stereocenters. The molecular weight excluding hydrogens is 352 g/mol. The van der Waals surface area contributed by atoms with Crippen molar-refractivity contribution in [3.63, 3.8) is 0 Å². The van der Waals surface area contributed by atoms with E-state index in [0.29, 0.717) is 12.3 Å². The predicted molar refractivity (Wildman–Crippen MR) is 103 cm³/mol. The summed E-state index contributed by atoms with van der Waals surface area (Å²) in [5, 5.41) is 22.6. The number of nitriles is 1. The summed E-state index contributed by atoms with van der Waals surface area (Å²) in [4.78, 5) is 4.89. The van der Waals surface area contributed by atoms with Crippen molar-refractivity contribution in [1.82, 2.24) is 34.2 Å². The Morgan fingerprint density at radius 2 is 1.96 bits per heavy atom. The van der Waals surface area contributed by atoms with Crippen LogP contribution < -0.4 is 0 Å². The minimum atomic E-state index is -0.191. The monoisotopic (exact) mass is 372 g/mol. The van der Waals surface area contributed by atoms with Crippen LogP contribution in [0.4, 0.5) is 0 Å². The highest BCUT2D eigenvalue weighted by atomic mass is 15.3. The quantitative estimate of drug-likeness (QED) is 0.549. The molecule has 4 aromatic rings. The van der Waals surface area contributed by atoms with Crippen molar-refractivity contribution in [3.8, 4) is 28.6 Å². The molecule has 0 amide bonds. The lowest BCUT2D eigenvalue weighted by molar-refractivity contribution is 0.0682. The van der Waals surface area contributed by atoms with Crippen molar-refractivity contribution < 1.29 is 0 Å². The van der Waals surface area contributed by atoms with Crippen molar-refractivity contribution in [2.75, 3.05) is 0 Å². The molecule has 8 nitrogen and oxygen atoms in total. The molecular formula is C20H20N8. The summed E-state index contributed by atoms with van der Waals surface area (Å²) >= 11 is 0. The third-order valence-electron chi connectivity index (χ3n) is 5.60. The minimum absolute atomic E-state index is 0.191. The Labute approximate surface area is 162 Å². The van der Waals surface area contributed by atoms with Gasteiger partial charge in [0.15, 0.2) is 0 Å². The first kappa shape index (κ1) is 16.7. The van der Waals surface area contributed by atoms with Gasteiger partial charge in [-0.25, -0.2) is 9.50 Å². The van der Waals surface area contributed by atoms with Crippen LogP contribution in [0.2, 0.25) is 0 Å². The van der Waals surface area contributed by atoms with Gasteiger partial charge < -0.3 is 0 Å². The van der Waals surface area contributed by atoms with E-state index in [9.17, 15) is 5.26 Å². The second kappa shape index (κ2) is 6.02. The van der Waals surface area contributed by atoms with Gasteiger partial charge in [-0.3, -0.25) is 9.36 Å². The first-order valence-corrected chi connectivity index (χ1v) is 9.34. The molecule has 5 rings (SSSR count). The van der Waals surface area contributed by atoms with Crippen molar-refractivity contribution in [2.24, 2.45) is 13.0 Å². The lowest BCUT2D eigenvalue weighted by atomic mass is 9.67. The molecule has 4 aromatic heterocycles. The van der Waals surface area contributed by atoms with Gasteiger partial charge in [-0.2, -0.15) is 20.6 Å². The van der Waals surface area contributed by atoms with E-state index in [1.807, 2.05) is 47.1 Å². The fourth-order valence-corrected chi connectivity index (χ4v) is 4.33. The molecule has 1 saturated carbocycles. The molecule has 0 N–H and O–H groups in total. The lowest BCUT2D eigenvalue weighted by Crippen LogP contribution is -2.45. The molecule has 0 aromatic carbocycles. The number of aryl methyl sites for hydroxylation is 1. The summed E-state index contributed by atoms with van der Waals surface area (Å²) in [5.41, 5.74) is 4.21. The molecule has 4 heterocycles. The largest absolute Gasteiger partial charge is 0.275 e. The Balaban J connectivity index is 1.61. The molecule has 0 radical (unpaired) electrons. The number of rotatable bonds is 4. The molecule has 8 heteroatoms. The van der Waals surface area contributed by atoms with E-state index in [1.54, 1.807) is 17.1 Å². The molecule has 1 aliphatic carbocycles. The van der Waals surface area contributed by atoms with Crippen LogP contribution in [-0.2, 0) is 12.6 Å². The molecule has 0 bridgehead atoms. The van der Waals surface area contributed by atoms with Gasteiger partial charge in [0.25, 0.3) is 0 Å². The Morgan fingerprint density at radius 3 is 2.68 bits per heavy atom. The minimum Gasteiger partial charge on any atom is -0.275 e. The first-order chi connectivity index (χ1) is 13.6. The third kappa shape index (κ3) is 2.51. The zero-order chi connectivity index (χ0) is 19.3. The average molecular weight is 372 g/mol. The van der Waals surface area contributed by atoms with Crippen LogP contribution in [0, 0.1) is 17.2 Å². The highest BCUT2D eigenvalue weighted by Crippen LogP contribution is 2.46. The Bertz CT molecular complexity index is 1200. The molecule has 0 unspecified atom stereocenters. The Hall–Kier alpha value is -3.47. The maximum atomic E-state index is 9.29. The van der Waals surface area contributed by atoms with Gasteiger partial charge in [0.2, 0.25) is 0 Å². The van der Waals surface area contributed by atoms with Crippen LogP contribution in [0.1, 0.15) is 26.2 Å². The molecule has 0 spiro atoms. The maximum absolute atomic E-state index is 9.29. The zero-order valence-corrected chi connectivity index (χ0v) is 15.8. The number of hydrogen-bond donors (Lipinski definition) is 0. The Morgan fingerprint density at radius 1 is 1.14 bits per heavy atom. The molecule has 0 aliphatic heterocycles. The molecule has 1 aliphatic rings. The second-order valence-electron chi connectivity index (χ2n) is 7.78. The van der Waals surface area contributed by atoms with E-state index in [0.717, 1.165) is 40.9 Å². The number of aromatic nitrogens is 7. The summed E-state index contributed by atoms with van der Waals surface area (Å²) < 4.78 is 5.56. The van der Waals surface area contributed by atoms with E-state index < -0.39 is 0 Å². The smallest absolute Gasteiger partial charge is 0.0999 e. The van der Waals surface area contributed by atoms with E-state index in [4.69, 9.17) is 4.98 Å². The van der Waals surface area contributed by atoms with Crippen LogP contribution in [0.15, 0.2) is 43.2 Å². The fourth-order valence-electron chi connectivity index (χ4n) is 4.33. The number of nitrogens with zero attached hydrogens (tertiary/aromatic N) is 8. The average Bonchev–Trinajstić information content (AvgIpc) is 3.39. The molecule has 0 saturated heterocycles. The summed E-state index contributed by atoms with van der Waals surface area (Å²) in [6, 6.07) is 4.28. The lowest BCUT2D eigenvalue weighted by Gasteiger charge is -2.45. The number of hydrogen-bond acceptors (Lipinski definition) is 5. The van der Waals surface area contributed by atoms with Crippen LogP contribution in [0.5, 0.6) is 0 Å². The standard InChI is InChI=1S/C20H20N8/c1-14-7-20(8-14,4-5-21)28-12-16(10-24-28)19-18-3-6-22-27(18)13-17(25-19)15-9-23-26(2)11-15/h3,6,9-14H,4,7-8H2,1-2H3. The van der Waals surface area contributed by atoms with Gasteiger partial charge in [0.1, 0.15) is 0 Å². The van der Waals surface area contributed by atoms with Crippen molar-refractivity contribution >= 4 is 5.52 Å². The zero-order valence-electron chi connectivity index (χ0n) is 15.8. The van der Waals surface area contributed by atoms with Crippen molar-refractivity contribution in [3.05, 3.63) is 43.2 Å².